The monoisotopic (exact) mass is 534 g/mol. The minimum atomic E-state index is -0.344. The lowest BCUT2D eigenvalue weighted by atomic mass is 10.0. The highest BCUT2D eigenvalue weighted by atomic mass is 19.1. The van der Waals surface area contributed by atoms with Crippen molar-refractivity contribution in [2.45, 2.75) is 12.8 Å². The van der Waals surface area contributed by atoms with Crippen LogP contribution in [-0.2, 0) is 0 Å². The van der Waals surface area contributed by atoms with Crippen molar-refractivity contribution in [2.24, 2.45) is 0 Å². The van der Waals surface area contributed by atoms with E-state index in [0.717, 1.165) is 69.7 Å². The molecular formula is C30H27FN8O. The first-order valence-electron chi connectivity index (χ1n) is 13.3. The third-order valence-corrected chi connectivity index (χ3v) is 7.35. The van der Waals surface area contributed by atoms with E-state index in [4.69, 9.17) is 10.5 Å². The average Bonchev–Trinajstić information content (AvgIpc) is 3.72. The zero-order chi connectivity index (χ0) is 27.1. The summed E-state index contributed by atoms with van der Waals surface area (Å²) in [5.41, 5.74) is 12.6. The number of nitrogens with two attached hydrogens (primary N) is 1. The van der Waals surface area contributed by atoms with Crippen molar-refractivity contribution in [1.82, 2.24) is 35.0 Å². The molecule has 6 heterocycles. The van der Waals surface area contributed by atoms with Gasteiger partial charge in [0.25, 0.3) is 0 Å². The maximum absolute atomic E-state index is 14.7. The van der Waals surface area contributed by atoms with Gasteiger partial charge >= 0.3 is 0 Å². The minimum absolute atomic E-state index is 0.344. The van der Waals surface area contributed by atoms with E-state index in [2.05, 4.69) is 35.0 Å². The van der Waals surface area contributed by atoms with Crippen LogP contribution in [0.25, 0.3) is 55.7 Å². The molecule has 0 atom stereocenters. The Morgan fingerprint density at radius 2 is 1.85 bits per heavy atom. The van der Waals surface area contributed by atoms with Crippen molar-refractivity contribution in [3.05, 3.63) is 73.1 Å². The predicted molar refractivity (Wildman–Crippen MR) is 153 cm³/mol. The molecule has 0 radical (unpaired) electrons. The van der Waals surface area contributed by atoms with Crippen LogP contribution in [0.2, 0.25) is 0 Å². The van der Waals surface area contributed by atoms with Crippen LogP contribution < -0.4 is 10.5 Å². The molecule has 200 valence electrons. The summed E-state index contributed by atoms with van der Waals surface area (Å²) in [7, 11) is 0. The SMILES string of the molecule is Nc1cncc(-c2cc3c(-c4cc5c(-c6cc(F)cc(OCCN7CCCC7)c6)ccnc5[nH]4)n[nH]c3cn2)c1. The van der Waals surface area contributed by atoms with Gasteiger partial charge in [0.2, 0.25) is 0 Å². The Morgan fingerprint density at radius 3 is 2.73 bits per heavy atom. The maximum Gasteiger partial charge on any atom is 0.138 e. The zero-order valence-electron chi connectivity index (χ0n) is 21.7. The lowest BCUT2D eigenvalue weighted by Crippen LogP contribution is -2.25. The van der Waals surface area contributed by atoms with E-state index < -0.39 is 0 Å². The number of ether oxygens (including phenoxy) is 1. The molecule has 7 rings (SSSR count). The van der Waals surface area contributed by atoms with Gasteiger partial charge in [-0.2, -0.15) is 5.10 Å². The van der Waals surface area contributed by atoms with E-state index in [0.29, 0.717) is 23.7 Å². The Bertz CT molecular complexity index is 1840. The maximum atomic E-state index is 14.7. The number of hydrogen-bond acceptors (Lipinski definition) is 7. The number of hydrogen-bond donors (Lipinski definition) is 3. The first-order valence-corrected chi connectivity index (χ1v) is 13.3. The van der Waals surface area contributed by atoms with Crippen LogP contribution in [0.15, 0.2) is 67.3 Å². The number of nitrogen functional groups attached to an aromatic ring is 1. The number of aromatic amines is 2. The molecule has 10 heteroatoms. The number of halogens is 1. The zero-order valence-corrected chi connectivity index (χ0v) is 21.7. The van der Waals surface area contributed by atoms with Crippen molar-refractivity contribution in [1.29, 1.82) is 0 Å². The summed E-state index contributed by atoms with van der Waals surface area (Å²) in [5, 5.41) is 9.37. The van der Waals surface area contributed by atoms with Crippen LogP contribution >= 0.6 is 0 Å². The standard InChI is InChI=1S/C30H27FN8O/c31-20-9-18(11-22(12-20)40-8-7-39-5-1-2-6-39)23-3-4-34-30-24(23)13-27(36-30)29-25-14-26(35-17-28(25)37-38-29)19-10-21(32)16-33-15-19/h3-4,9-17H,1-2,5-8,32H2,(H,34,36)(H,37,38). The lowest BCUT2D eigenvalue weighted by molar-refractivity contribution is 0.237. The largest absolute Gasteiger partial charge is 0.492 e. The lowest BCUT2D eigenvalue weighted by Gasteiger charge is -2.15. The number of aromatic nitrogens is 6. The fourth-order valence-electron chi connectivity index (χ4n) is 5.38. The van der Waals surface area contributed by atoms with Gasteiger partial charge in [-0.25, -0.2) is 9.37 Å². The van der Waals surface area contributed by atoms with Gasteiger partial charge in [0, 0.05) is 47.5 Å². The summed E-state index contributed by atoms with van der Waals surface area (Å²) < 4.78 is 20.7. The van der Waals surface area contributed by atoms with Gasteiger partial charge in [-0.3, -0.25) is 20.0 Å². The van der Waals surface area contributed by atoms with Crippen molar-refractivity contribution in [2.75, 3.05) is 32.0 Å². The van der Waals surface area contributed by atoms with E-state index in [1.807, 2.05) is 30.3 Å². The van der Waals surface area contributed by atoms with Crippen LogP contribution in [0.1, 0.15) is 12.8 Å². The van der Waals surface area contributed by atoms with Crippen molar-refractivity contribution < 1.29 is 9.13 Å². The smallest absolute Gasteiger partial charge is 0.138 e. The second-order valence-corrected chi connectivity index (χ2v) is 10.1. The number of pyridine rings is 3. The van der Waals surface area contributed by atoms with Gasteiger partial charge in [0.1, 0.15) is 29.5 Å². The summed E-state index contributed by atoms with van der Waals surface area (Å²) in [4.78, 5) is 19.0. The fraction of sp³-hybridized carbons (Fsp3) is 0.200. The van der Waals surface area contributed by atoms with E-state index in [9.17, 15) is 4.39 Å². The number of likely N-dealkylation sites (tertiary alicyclic amines) is 1. The van der Waals surface area contributed by atoms with E-state index in [-0.39, 0.29) is 5.82 Å². The molecule has 1 aliphatic heterocycles. The molecule has 5 aromatic heterocycles. The molecule has 0 bridgehead atoms. The van der Waals surface area contributed by atoms with Crippen LogP contribution in [0.3, 0.4) is 0 Å². The Hall–Kier alpha value is -4.83. The normalized spacial score (nSPS) is 13.9. The molecular weight excluding hydrogens is 507 g/mol. The Labute approximate surface area is 229 Å². The predicted octanol–water partition coefficient (Wildman–Crippen LogP) is 5.43. The third kappa shape index (κ3) is 4.62. The molecule has 0 saturated carbocycles. The number of fused-ring (bicyclic) bond motifs is 2. The molecule has 1 saturated heterocycles. The van der Waals surface area contributed by atoms with Gasteiger partial charge in [-0.1, -0.05) is 0 Å². The molecule has 4 N–H and O–H groups in total. The molecule has 1 aliphatic rings. The van der Waals surface area contributed by atoms with Crippen LogP contribution in [0.4, 0.5) is 10.1 Å². The molecule has 0 amide bonds. The summed E-state index contributed by atoms with van der Waals surface area (Å²) >= 11 is 0. The molecule has 0 aliphatic carbocycles. The minimum Gasteiger partial charge on any atom is -0.492 e. The summed E-state index contributed by atoms with van der Waals surface area (Å²) in [5.74, 6) is 0.174. The van der Waals surface area contributed by atoms with Gasteiger partial charge in [-0.15, -0.1) is 0 Å². The number of rotatable bonds is 7. The Morgan fingerprint density at radius 1 is 0.950 bits per heavy atom. The highest BCUT2D eigenvalue weighted by Gasteiger charge is 2.17. The quantitative estimate of drug-likeness (QED) is 0.250. The van der Waals surface area contributed by atoms with Gasteiger partial charge < -0.3 is 15.5 Å². The fourth-order valence-corrected chi connectivity index (χ4v) is 5.38. The summed E-state index contributed by atoms with van der Waals surface area (Å²) in [6, 6.07) is 12.5. The molecule has 0 spiro atoms. The van der Waals surface area contributed by atoms with Gasteiger partial charge in [0.15, 0.2) is 0 Å². The summed E-state index contributed by atoms with van der Waals surface area (Å²) in [6.07, 6.45) is 9.25. The van der Waals surface area contributed by atoms with E-state index in [1.165, 1.54) is 25.0 Å². The van der Waals surface area contributed by atoms with Crippen LogP contribution in [0.5, 0.6) is 5.75 Å². The molecule has 6 aromatic rings. The first kappa shape index (κ1) is 24.2. The van der Waals surface area contributed by atoms with Crippen LogP contribution in [0, 0.1) is 5.82 Å². The second-order valence-electron chi connectivity index (χ2n) is 10.1. The number of nitrogens with zero attached hydrogens (tertiary/aromatic N) is 5. The molecule has 40 heavy (non-hydrogen) atoms. The third-order valence-electron chi connectivity index (χ3n) is 7.35. The second kappa shape index (κ2) is 10.0. The molecule has 0 unspecified atom stereocenters. The van der Waals surface area contributed by atoms with Crippen molar-refractivity contribution in [3.8, 4) is 39.5 Å². The Balaban J connectivity index is 1.23. The van der Waals surface area contributed by atoms with Crippen molar-refractivity contribution >= 4 is 27.6 Å². The van der Waals surface area contributed by atoms with Gasteiger partial charge in [-0.05, 0) is 73.5 Å². The van der Waals surface area contributed by atoms with Crippen molar-refractivity contribution in [3.63, 3.8) is 0 Å². The highest BCUT2D eigenvalue weighted by molar-refractivity contribution is 6.00. The number of anilines is 1. The van der Waals surface area contributed by atoms with Crippen LogP contribution in [-0.4, -0.2) is 61.3 Å². The number of nitrogens with one attached hydrogen (secondary N) is 2. The van der Waals surface area contributed by atoms with E-state index >= 15 is 0 Å². The summed E-state index contributed by atoms with van der Waals surface area (Å²) in [6.45, 7) is 3.57. The Kier molecular flexibility index (Phi) is 6.09. The number of H-pyrrole nitrogens is 2. The molecule has 1 fully saturated rings. The average molecular weight is 535 g/mol. The molecule has 1 aromatic carbocycles. The number of benzene rings is 1. The topological polar surface area (TPSA) is 122 Å². The highest BCUT2D eigenvalue weighted by Crippen LogP contribution is 2.35. The van der Waals surface area contributed by atoms with Gasteiger partial charge in [0.05, 0.1) is 28.8 Å². The first-order chi connectivity index (χ1) is 19.6. The van der Waals surface area contributed by atoms with E-state index in [1.54, 1.807) is 24.8 Å². The molecule has 9 nitrogen and oxygen atoms in total.